The van der Waals surface area contributed by atoms with Crippen molar-refractivity contribution in [3.8, 4) is 0 Å². The topological polar surface area (TPSA) is 25.2 Å². The van der Waals surface area contributed by atoms with Crippen LogP contribution in [0, 0.1) is 17.6 Å². The molecular weight excluding hydrogens is 328 g/mol. The number of hydrogen-bond acceptors (Lipinski definition) is 2. The fourth-order valence-electron chi connectivity index (χ4n) is 2.49. The highest BCUT2D eigenvalue weighted by molar-refractivity contribution is 9.10. The van der Waals surface area contributed by atoms with Crippen LogP contribution in [0.25, 0.3) is 11.0 Å². The van der Waals surface area contributed by atoms with E-state index in [2.05, 4.69) is 28.2 Å². The van der Waals surface area contributed by atoms with Crippen molar-refractivity contribution in [1.29, 1.82) is 0 Å². The molecule has 1 aliphatic carbocycles. The normalized spacial score (nSPS) is 16.8. The molecule has 0 spiro atoms. The van der Waals surface area contributed by atoms with Gasteiger partial charge in [0.1, 0.15) is 5.76 Å². The second-order valence-corrected chi connectivity index (χ2v) is 6.17. The van der Waals surface area contributed by atoms with Crippen LogP contribution in [0.2, 0.25) is 0 Å². The molecule has 1 atom stereocenters. The Balaban J connectivity index is 2.02. The number of benzene rings is 1. The average molecular weight is 344 g/mol. The quantitative estimate of drug-likeness (QED) is 0.779. The monoisotopic (exact) mass is 343 g/mol. The zero-order valence-corrected chi connectivity index (χ0v) is 12.8. The highest BCUT2D eigenvalue weighted by Crippen LogP contribution is 2.43. The predicted molar refractivity (Wildman–Crippen MR) is 77.6 cm³/mol. The van der Waals surface area contributed by atoms with Crippen LogP contribution in [0.15, 0.2) is 21.0 Å². The first-order valence-electron chi connectivity index (χ1n) is 6.92. The summed E-state index contributed by atoms with van der Waals surface area (Å²) >= 11 is 3.26. The summed E-state index contributed by atoms with van der Waals surface area (Å²) in [6.45, 7) is 2.98. The summed E-state index contributed by atoms with van der Waals surface area (Å²) in [5.74, 6) is -0.579. The van der Waals surface area contributed by atoms with E-state index in [9.17, 15) is 8.78 Å². The molecular formula is C15H16BrF2NO. The molecule has 0 radical (unpaired) electrons. The van der Waals surface area contributed by atoms with Crippen LogP contribution in [-0.2, 0) is 0 Å². The molecule has 1 saturated carbocycles. The highest BCUT2D eigenvalue weighted by Gasteiger charge is 2.34. The molecule has 1 aromatic heterocycles. The van der Waals surface area contributed by atoms with Gasteiger partial charge in [0.25, 0.3) is 0 Å². The second-order valence-electron chi connectivity index (χ2n) is 5.31. The third-order valence-electron chi connectivity index (χ3n) is 3.69. The van der Waals surface area contributed by atoms with Gasteiger partial charge in [0.2, 0.25) is 5.82 Å². The third-order valence-corrected chi connectivity index (χ3v) is 4.34. The molecule has 2 aromatic rings. The standard InChI is InChI=1S/C15H16BrF2NO/c1-2-5-19-14(8-3-4-8)12-6-9-10(16)7-11(17)13(18)15(9)20-12/h6-8,14,19H,2-5H2,1H3. The van der Waals surface area contributed by atoms with Crippen LogP contribution in [0.3, 0.4) is 0 Å². The summed E-state index contributed by atoms with van der Waals surface area (Å²) in [5, 5.41) is 4.02. The largest absolute Gasteiger partial charge is 0.456 e. The minimum atomic E-state index is -0.917. The minimum absolute atomic E-state index is 0.00387. The maximum atomic E-state index is 13.8. The molecule has 1 aliphatic rings. The van der Waals surface area contributed by atoms with Gasteiger partial charge in [-0.05, 0) is 59.8 Å². The number of rotatable bonds is 5. The first-order chi connectivity index (χ1) is 9.61. The zero-order chi connectivity index (χ0) is 14.3. The van der Waals surface area contributed by atoms with Crippen molar-refractivity contribution in [2.45, 2.75) is 32.2 Å². The summed E-state index contributed by atoms with van der Waals surface area (Å²) in [6, 6.07) is 3.05. The van der Waals surface area contributed by atoms with Crippen molar-refractivity contribution in [3.63, 3.8) is 0 Å². The smallest absolute Gasteiger partial charge is 0.201 e. The Morgan fingerprint density at radius 1 is 1.40 bits per heavy atom. The van der Waals surface area contributed by atoms with Crippen LogP contribution in [0.4, 0.5) is 8.78 Å². The Bertz CT molecular complexity index is 636. The summed E-state index contributed by atoms with van der Waals surface area (Å²) in [4.78, 5) is 0. The summed E-state index contributed by atoms with van der Waals surface area (Å²) in [6.07, 6.45) is 3.32. The van der Waals surface area contributed by atoms with E-state index >= 15 is 0 Å². The van der Waals surface area contributed by atoms with E-state index < -0.39 is 11.6 Å². The van der Waals surface area contributed by atoms with Crippen molar-refractivity contribution in [1.82, 2.24) is 5.32 Å². The Kier molecular flexibility index (Phi) is 3.82. The molecule has 0 bridgehead atoms. The lowest BCUT2D eigenvalue weighted by Crippen LogP contribution is -2.23. The molecule has 0 aliphatic heterocycles. The molecule has 20 heavy (non-hydrogen) atoms. The van der Waals surface area contributed by atoms with Gasteiger partial charge in [-0.2, -0.15) is 4.39 Å². The van der Waals surface area contributed by atoms with Crippen molar-refractivity contribution in [3.05, 3.63) is 34.0 Å². The van der Waals surface area contributed by atoms with E-state index in [1.165, 1.54) is 0 Å². The van der Waals surface area contributed by atoms with Gasteiger partial charge in [-0.3, -0.25) is 0 Å². The highest BCUT2D eigenvalue weighted by atomic mass is 79.9. The van der Waals surface area contributed by atoms with Gasteiger partial charge in [-0.15, -0.1) is 0 Å². The Labute approximate surface area is 124 Å². The average Bonchev–Trinajstić information content (AvgIpc) is 3.15. The molecule has 0 saturated heterocycles. The lowest BCUT2D eigenvalue weighted by atomic mass is 10.1. The number of halogens is 3. The maximum Gasteiger partial charge on any atom is 0.201 e. The van der Waals surface area contributed by atoms with E-state index in [1.807, 2.05) is 6.07 Å². The van der Waals surface area contributed by atoms with E-state index in [-0.39, 0.29) is 11.6 Å². The van der Waals surface area contributed by atoms with Crippen LogP contribution in [0.5, 0.6) is 0 Å². The lowest BCUT2D eigenvalue weighted by Gasteiger charge is -2.14. The van der Waals surface area contributed by atoms with Crippen molar-refractivity contribution >= 4 is 26.9 Å². The third kappa shape index (κ3) is 2.49. The van der Waals surface area contributed by atoms with E-state index in [4.69, 9.17) is 4.42 Å². The molecule has 1 fully saturated rings. The lowest BCUT2D eigenvalue weighted by molar-refractivity contribution is 0.389. The Hall–Kier alpha value is -0.940. The van der Waals surface area contributed by atoms with Gasteiger partial charge in [-0.1, -0.05) is 6.92 Å². The summed E-state index contributed by atoms with van der Waals surface area (Å²) < 4.78 is 33.4. The van der Waals surface area contributed by atoms with Crippen LogP contribution in [-0.4, -0.2) is 6.54 Å². The fraction of sp³-hybridized carbons (Fsp3) is 0.467. The number of fused-ring (bicyclic) bond motifs is 1. The summed E-state index contributed by atoms with van der Waals surface area (Å²) in [7, 11) is 0. The van der Waals surface area contributed by atoms with E-state index in [0.717, 1.165) is 31.9 Å². The van der Waals surface area contributed by atoms with Gasteiger partial charge < -0.3 is 9.73 Å². The molecule has 1 heterocycles. The molecule has 0 amide bonds. The van der Waals surface area contributed by atoms with Gasteiger partial charge >= 0.3 is 0 Å². The van der Waals surface area contributed by atoms with Crippen LogP contribution < -0.4 is 5.32 Å². The van der Waals surface area contributed by atoms with Crippen molar-refractivity contribution in [2.75, 3.05) is 6.54 Å². The number of nitrogens with one attached hydrogen (secondary N) is 1. The molecule has 1 unspecified atom stereocenters. The van der Waals surface area contributed by atoms with Gasteiger partial charge in [-0.25, -0.2) is 4.39 Å². The van der Waals surface area contributed by atoms with Crippen molar-refractivity contribution in [2.24, 2.45) is 5.92 Å². The molecule has 1 N–H and O–H groups in total. The maximum absolute atomic E-state index is 13.8. The van der Waals surface area contributed by atoms with E-state index in [1.54, 1.807) is 0 Å². The fourth-order valence-corrected chi connectivity index (χ4v) is 2.99. The Morgan fingerprint density at radius 2 is 2.15 bits per heavy atom. The SMILES string of the molecule is CCCNC(c1cc2c(Br)cc(F)c(F)c2o1)C1CC1. The number of hydrogen-bond donors (Lipinski definition) is 1. The van der Waals surface area contributed by atoms with Gasteiger partial charge in [0, 0.05) is 9.86 Å². The zero-order valence-electron chi connectivity index (χ0n) is 11.2. The first kappa shape index (κ1) is 14.0. The predicted octanol–water partition coefficient (Wildman–Crippen LogP) is 4.92. The van der Waals surface area contributed by atoms with Crippen molar-refractivity contribution < 1.29 is 13.2 Å². The van der Waals surface area contributed by atoms with Crippen LogP contribution in [0.1, 0.15) is 38.0 Å². The summed E-state index contributed by atoms with van der Waals surface area (Å²) in [5.41, 5.74) is -0.00387. The van der Waals surface area contributed by atoms with Crippen LogP contribution >= 0.6 is 15.9 Å². The minimum Gasteiger partial charge on any atom is -0.456 e. The molecule has 3 rings (SSSR count). The second kappa shape index (κ2) is 5.45. The number of furan rings is 1. The Morgan fingerprint density at radius 3 is 2.80 bits per heavy atom. The molecule has 1 aromatic carbocycles. The van der Waals surface area contributed by atoms with Gasteiger partial charge in [0.15, 0.2) is 11.4 Å². The first-order valence-corrected chi connectivity index (χ1v) is 7.71. The molecule has 108 valence electrons. The molecule has 2 nitrogen and oxygen atoms in total. The van der Waals surface area contributed by atoms with Gasteiger partial charge in [0.05, 0.1) is 6.04 Å². The van der Waals surface area contributed by atoms with E-state index in [0.29, 0.717) is 21.5 Å². The molecule has 5 heteroatoms.